The average Bonchev–Trinajstić information content (AvgIpc) is 2.91. The number of rotatable bonds is 2. The maximum atomic E-state index is 6.50. The van der Waals surface area contributed by atoms with Crippen molar-refractivity contribution in [2.24, 2.45) is 10.9 Å². The smallest absolute Gasteiger partial charge is 0.123 e. The van der Waals surface area contributed by atoms with Gasteiger partial charge in [-0.25, -0.2) is 15.5 Å². The first kappa shape index (κ1) is 16.3. The number of benzene rings is 1. The maximum Gasteiger partial charge on any atom is 0.123 e. The van der Waals surface area contributed by atoms with Crippen LogP contribution in [0.15, 0.2) is 35.6 Å². The van der Waals surface area contributed by atoms with E-state index in [0.717, 1.165) is 16.1 Å². The van der Waals surface area contributed by atoms with E-state index in [-0.39, 0.29) is 0 Å². The molecule has 0 aliphatic heterocycles. The fourth-order valence-electron chi connectivity index (χ4n) is 1.29. The van der Waals surface area contributed by atoms with E-state index in [1.807, 2.05) is 30.5 Å². The predicted octanol–water partition coefficient (Wildman–Crippen LogP) is 2.69. The molecule has 2 aromatic rings. The second kappa shape index (κ2) is 9.34. The second-order valence-corrected chi connectivity index (χ2v) is 4.41. The van der Waals surface area contributed by atoms with Crippen LogP contribution < -0.4 is 5.84 Å². The molecule has 1 heterocycles. The Kier molecular flexibility index (Phi) is 8.01. The van der Waals surface area contributed by atoms with Gasteiger partial charge >= 0.3 is 0 Å². The fourth-order valence-corrected chi connectivity index (χ4v) is 2.06. The number of hydrogen-bond acceptors (Lipinski definition) is 6. The number of nitriles is 2. The van der Waals surface area contributed by atoms with Crippen molar-refractivity contribution in [1.82, 2.24) is 4.98 Å². The molecule has 96 valence electrons. The van der Waals surface area contributed by atoms with Crippen LogP contribution in [0.4, 0.5) is 0 Å². The summed E-state index contributed by atoms with van der Waals surface area (Å²) >= 11 is 1.69. The molecule has 0 aliphatic carbocycles. The van der Waals surface area contributed by atoms with Crippen LogP contribution in [0.3, 0.4) is 0 Å². The standard InChI is InChI=1S/C11H11N3S.2CHN/c1-8-6-13-11(15-8)10-4-2-9(3-5-10)7-14-12;2*1-2/h2-7H,12H2,1H3;2*1H. The molecule has 0 bridgehead atoms. The zero-order chi connectivity index (χ0) is 14.7. The molecule has 6 heteroatoms. The Hall–Kier alpha value is -2.70. The molecule has 0 radical (unpaired) electrons. The van der Waals surface area contributed by atoms with Crippen molar-refractivity contribution in [3.05, 3.63) is 40.9 Å². The second-order valence-electron chi connectivity index (χ2n) is 3.18. The van der Waals surface area contributed by atoms with Gasteiger partial charge in [0.2, 0.25) is 0 Å². The minimum Gasteiger partial charge on any atom is -0.323 e. The number of hydrazone groups is 1. The van der Waals surface area contributed by atoms with Crippen LogP contribution in [0.5, 0.6) is 0 Å². The molecule has 2 N–H and O–H groups in total. The molecule has 19 heavy (non-hydrogen) atoms. The molecule has 0 atom stereocenters. The fraction of sp³-hybridized carbons (Fsp3) is 0.0769. The van der Waals surface area contributed by atoms with Gasteiger partial charge in [0, 0.05) is 29.8 Å². The van der Waals surface area contributed by atoms with Gasteiger partial charge in [-0.3, -0.25) is 0 Å². The topological polar surface area (TPSA) is 98.8 Å². The average molecular weight is 271 g/mol. The van der Waals surface area contributed by atoms with Crippen molar-refractivity contribution in [2.75, 3.05) is 0 Å². The third-order valence-electron chi connectivity index (χ3n) is 2.00. The summed E-state index contributed by atoms with van der Waals surface area (Å²) in [6.07, 6.45) is 3.51. The first-order valence-electron chi connectivity index (χ1n) is 5.07. The van der Waals surface area contributed by atoms with Crippen molar-refractivity contribution in [2.45, 2.75) is 6.92 Å². The van der Waals surface area contributed by atoms with Crippen LogP contribution in [-0.4, -0.2) is 11.2 Å². The van der Waals surface area contributed by atoms with E-state index in [1.165, 1.54) is 4.88 Å². The minimum atomic E-state index is 0.995. The van der Waals surface area contributed by atoms with Gasteiger partial charge in [0.05, 0.1) is 6.21 Å². The lowest BCUT2D eigenvalue weighted by molar-refractivity contribution is 1.26. The Morgan fingerprint density at radius 1 is 1.21 bits per heavy atom. The number of nitrogens with two attached hydrogens (primary N) is 1. The van der Waals surface area contributed by atoms with E-state index in [2.05, 4.69) is 30.2 Å². The SMILES string of the molecule is C#N.C#N.Cc1cnc(-c2ccc(C=NN)cc2)s1. The lowest BCUT2D eigenvalue weighted by atomic mass is 10.1. The molecule has 2 rings (SSSR count). The molecule has 0 amide bonds. The third-order valence-corrected chi connectivity index (χ3v) is 2.96. The molecule has 1 aromatic carbocycles. The van der Waals surface area contributed by atoms with Gasteiger partial charge in [-0.05, 0) is 12.5 Å². The lowest BCUT2D eigenvalue weighted by Crippen LogP contribution is -1.85. The first-order chi connectivity index (χ1) is 9.29. The van der Waals surface area contributed by atoms with Crippen LogP contribution >= 0.6 is 11.3 Å². The lowest BCUT2D eigenvalue weighted by Gasteiger charge is -1.96. The Labute approximate surface area is 116 Å². The van der Waals surface area contributed by atoms with Crippen LogP contribution in [0.25, 0.3) is 10.6 Å². The predicted molar refractivity (Wildman–Crippen MR) is 77.4 cm³/mol. The Morgan fingerprint density at radius 2 is 1.79 bits per heavy atom. The number of aromatic nitrogens is 1. The van der Waals surface area contributed by atoms with E-state index in [4.69, 9.17) is 16.4 Å². The van der Waals surface area contributed by atoms with E-state index >= 15 is 0 Å². The summed E-state index contributed by atoms with van der Waals surface area (Å²) in [7, 11) is 0. The molecule has 0 spiro atoms. The summed E-state index contributed by atoms with van der Waals surface area (Å²) in [5.74, 6) is 5.07. The van der Waals surface area contributed by atoms with Crippen LogP contribution in [0.1, 0.15) is 10.4 Å². The van der Waals surface area contributed by atoms with Gasteiger partial charge < -0.3 is 5.84 Å². The molecule has 1 aromatic heterocycles. The van der Waals surface area contributed by atoms with Crippen LogP contribution in [0.2, 0.25) is 0 Å². The van der Waals surface area contributed by atoms with E-state index in [9.17, 15) is 0 Å². The highest BCUT2D eigenvalue weighted by Gasteiger charge is 2.01. The summed E-state index contributed by atoms with van der Waals surface area (Å²) in [6.45, 7) is 9.05. The Balaban J connectivity index is 0.000000741. The molecule has 0 unspecified atom stereocenters. The van der Waals surface area contributed by atoms with E-state index in [1.54, 1.807) is 17.6 Å². The molecular formula is C13H13N5S. The van der Waals surface area contributed by atoms with Gasteiger partial charge in [0.25, 0.3) is 0 Å². The third kappa shape index (κ3) is 4.99. The van der Waals surface area contributed by atoms with Crippen LogP contribution in [0, 0.1) is 30.6 Å². The molecule has 0 aliphatic rings. The normalized spacial score (nSPS) is 8.89. The number of aryl methyl sites for hydroxylation is 1. The summed E-state index contributed by atoms with van der Waals surface area (Å²) in [6, 6.07) is 8.00. The van der Waals surface area contributed by atoms with Crippen molar-refractivity contribution in [1.29, 1.82) is 10.5 Å². The van der Waals surface area contributed by atoms with Gasteiger partial charge in [0.15, 0.2) is 0 Å². The van der Waals surface area contributed by atoms with Gasteiger partial charge in [-0.1, -0.05) is 24.3 Å². The molecule has 0 saturated carbocycles. The van der Waals surface area contributed by atoms with E-state index in [0.29, 0.717) is 0 Å². The quantitative estimate of drug-likeness (QED) is 0.515. The highest BCUT2D eigenvalue weighted by Crippen LogP contribution is 2.24. The number of nitrogens with zero attached hydrogens (tertiary/aromatic N) is 4. The molecule has 0 saturated heterocycles. The Bertz CT molecular complexity index is 545. The van der Waals surface area contributed by atoms with Gasteiger partial charge in [0.1, 0.15) is 5.01 Å². The van der Waals surface area contributed by atoms with Crippen LogP contribution in [-0.2, 0) is 0 Å². The van der Waals surface area contributed by atoms with E-state index < -0.39 is 0 Å². The largest absolute Gasteiger partial charge is 0.323 e. The summed E-state index contributed by atoms with van der Waals surface area (Å²) in [5, 5.41) is 17.5. The van der Waals surface area contributed by atoms with Gasteiger partial charge in [-0.2, -0.15) is 5.10 Å². The van der Waals surface area contributed by atoms with Crippen molar-refractivity contribution < 1.29 is 0 Å². The van der Waals surface area contributed by atoms with Crippen molar-refractivity contribution >= 4 is 17.6 Å². The molecule has 5 nitrogen and oxygen atoms in total. The zero-order valence-electron chi connectivity index (χ0n) is 10.4. The van der Waals surface area contributed by atoms with Crippen molar-refractivity contribution in [3.8, 4) is 23.7 Å². The number of thiazole rings is 1. The summed E-state index contributed by atoms with van der Waals surface area (Å²) in [5.41, 5.74) is 2.12. The van der Waals surface area contributed by atoms with Crippen molar-refractivity contribution in [3.63, 3.8) is 0 Å². The first-order valence-corrected chi connectivity index (χ1v) is 5.89. The minimum absolute atomic E-state index is 0.995. The Morgan fingerprint density at radius 3 is 2.21 bits per heavy atom. The summed E-state index contributed by atoms with van der Waals surface area (Å²) in [4.78, 5) is 5.54. The number of hydrogen-bond donors (Lipinski definition) is 1. The molecular weight excluding hydrogens is 258 g/mol. The highest BCUT2D eigenvalue weighted by atomic mass is 32.1. The highest BCUT2D eigenvalue weighted by molar-refractivity contribution is 7.14. The summed E-state index contributed by atoms with van der Waals surface area (Å²) < 4.78 is 0. The van der Waals surface area contributed by atoms with Gasteiger partial charge in [-0.15, -0.1) is 11.3 Å². The maximum absolute atomic E-state index is 6.50. The molecule has 0 fully saturated rings. The monoisotopic (exact) mass is 271 g/mol. The zero-order valence-corrected chi connectivity index (χ0v) is 11.2.